The third-order valence-electron chi connectivity index (χ3n) is 2.30. The van der Waals surface area contributed by atoms with Gasteiger partial charge >= 0.3 is 0 Å². The average molecular weight is 266 g/mol. The van der Waals surface area contributed by atoms with E-state index in [-0.39, 0.29) is 11.3 Å². The van der Waals surface area contributed by atoms with Crippen LogP contribution in [0.2, 0.25) is 0 Å². The minimum Gasteiger partial charge on any atom is -0.507 e. The summed E-state index contributed by atoms with van der Waals surface area (Å²) in [6, 6.07) is 3.29. The first-order valence-corrected chi connectivity index (χ1v) is 6.06. The van der Waals surface area contributed by atoms with Crippen LogP contribution in [-0.2, 0) is 6.54 Å². The second-order valence-corrected chi connectivity index (χ2v) is 5.01. The highest BCUT2D eigenvalue weighted by atomic mass is 32.1. The number of aryl methyl sites for hydroxylation is 1. The van der Waals surface area contributed by atoms with Gasteiger partial charge in [0.25, 0.3) is 5.91 Å². The minimum atomic E-state index is -0.581. The van der Waals surface area contributed by atoms with Gasteiger partial charge in [-0.25, -0.2) is 9.37 Å². The summed E-state index contributed by atoms with van der Waals surface area (Å²) in [5.41, 5.74) is 0.0534. The zero-order valence-corrected chi connectivity index (χ0v) is 10.4. The number of hydrogen-bond acceptors (Lipinski definition) is 4. The van der Waals surface area contributed by atoms with Crippen LogP contribution in [0.3, 0.4) is 0 Å². The largest absolute Gasteiger partial charge is 0.507 e. The monoisotopic (exact) mass is 266 g/mol. The molecule has 2 aromatic rings. The molecule has 1 aromatic heterocycles. The molecule has 0 aliphatic carbocycles. The summed E-state index contributed by atoms with van der Waals surface area (Å²) in [5, 5.41) is 13.0. The van der Waals surface area contributed by atoms with E-state index in [9.17, 15) is 14.3 Å². The van der Waals surface area contributed by atoms with Crippen molar-refractivity contribution in [2.45, 2.75) is 13.5 Å². The van der Waals surface area contributed by atoms with E-state index >= 15 is 0 Å². The number of halogens is 1. The highest BCUT2D eigenvalue weighted by Gasteiger charge is 2.11. The Morgan fingerprint density at radius 2 is 2.33 bits per heavy atom. The van der Waals surface area contributed by atoms with Gasteiger partial charge in [-0.3, -0.25) is 4.79 Å². The van der Waals surface area contributed by atoms with Crippen molar-refractivity contribution in [3.05, 3.63) is 45.7 Å². The first kappa shape index (κ1) is 12.5. The Labute approximate surface area is 107 Å². The Kier molecular flexibility index (Phi) is 3.57. The maximum atomic E-state index is 12.8. The zero-order chi connectivity index (χ0) is 13.1. The van der Waals surface area contributed by atoms with Crippen molar-refractivity contribution in [1.82, 2.24) is 10.3 Å². The van der Waals surface area contributed by atoms with Gasteiger partial charge in [0.15, 0.2) is 0 Å². The molecule has 1 amide bonds. The molecule has 2 N–H and O–H groups in total. The van der Waals surface area contributed by atoms with E-state index in [1.54, 1.807) is 6.20 Å². The number of amides is 1. The summed E-state index contributed by atoms with van der Waals surface area (Å²) in [7, 11) is 0. The van der Waals surface area contributed by atoms with Gasteiger partial charge in [-0.15, -0.1) is 11.3 Å². The summed E-state index contributed by atoms with van der Waals surface area (Å²) >= 11 is 1.48. The van der Waals surface area contributed by atoms with Gasteiger partial charge in [0.05, 0.1) is 17.1 Å². The van der Waals surface area contributed by atoms with Gasteiger partial charge in [0.1, 0.15) is 11.6 Å². The Balaban J connectivity index is 2.03. The van der Waals surface area contributed by atoms with Crippen LogP contribution < -0.4 is 5.32 Å². The number of thiazole rings is 1. The Bertz CT molecular complexity index is 583. The van der Waals surface area contributed by atoms with Crippen molar-refractivity contribution in [2.75, 3.05) is 0 Å². The molecule has 0 spiro atoms. The summed E-state index contributed by atoms with van der Waals surface area (Å²) in [4.78, 5) is 16.7. The predicted octanol–water partition coefficient (Wildman–Crippen LogP) is 2.23. The number of aromatic hydroxyl groups is 1. The lowest BCUT2D eigenvalue weighted by Crippen LogP contribution is -2.22. The van der Waals surface area contributed by atoms with Crippen LogP contribution in [-0.4, -0.2) is 16.0 Å². The third-order valence-corrected chi connectivity index (χ3v) is 3.21. The highest BCUT2D eigenvalue weighted by molar-refractivity contribution is 7.11. The minimum absolute atomic E-state index is 0.0534. The van der Waals surface area contributed by atoms with Gasteiger partial charge < -0.3 is 10.4 Å². The first-order valence-electron chi connectivity index (χ1n) is 5.24. The quantitative estimate of drug-likeness (QED) is 0.895. The predicted molar refractivity (Wildman–Crippen MR) is 66.1 cm³/mol. The number of nitrogens with zero attached hydrogens (tertiary/aromatic N) is 1. The highest BCUT2D eigenvalue weighted by Crippen LogP contribution is 2.18. The number of rotatable bonds is 3. The van der Waals surface area contributed by atoms with Crippen LogP contribution in [0.15, 0.2) is 24.4 Å². The number of carbonyl (C=O) groups excluding carboxylic acids is 1. The maximum absolute atomic E-state index is 12.8. The molecule has 0 saturated carbocycles. The molecule has 6 heteroatoms. The number of aromatic nitrogens is 1. The fourth-order valence-corrected chi connectivity index (χ4v) is 2.18. The van der Waals surface area contributed by atoms with E-state index in [2.05, 4.69) is 10.3 Å². The van der Waals surface area contributed by atoms with Crippen LogP contribution in [0.4, 0.5) is 4.39 Å². The molecule has 0 bridgehead atoms. The molecule has 0 saturated heterocycles. The lowest BCUT2D eigenvalue weighted by atomic mass is 10.2. The fraction of sp³-hybridized carbons (Fsp3) is 0.167. The molecule has 1 heterocycles. The SMILES string of the molecule is Cc1ncc(CNC(=O)c2ccc(F)cc2O)s1. The molecule has 0 fully saturated rings. The second-order valence-electron chi connectivity index (χ2n) is 3.69. The van der Waals surface area contributed by atoms with Crippen molar-refractivity contribution < 1.29 is 14.3 Å². The van der Waals surface area contributed by atoms with E-state index in [1.807, 2.05) is 6.92 Å². The molecule has 18 heavy (non-hydrogen) atoms. The van der Waals surface area contributed by atoms with E-state index in [0.29, 0.717) is 6.54 Å². The van der Waals surface area contributed by atoms with Crippen LogP contribution in [0.25, 0.3) is 0 Å². The van der Waals surface area contributed by atoms with E-state index in [1.165, 1.54) is 17.4 Å². The molecule has 0 unspecified atom stereocenters. The van der Waals surface area contributed by atoms with Crippen LogP contribution in [0, 0.1) is 12.7 Å². The summed E-state index contributed by atoms with van der Waals surface area (Å²) in [5.74, 6) is -1.39. The molecule has 1 aromatic carbocycles. The first-order chi connectivity index (χ1) is 8.56. The lowest BCUT2D eigenvalue weighted by molar-refractivity contribution is 0.0948. The van der Waals surface area contributed by atoms with E-state index in [4.69, 9.17) is 0 Å². The van der Waals surface area contributed by atoms with Gasteiger partial charge in [-0.2, -0.15) is 0 Å². The molecular formula is C12H11FN2O2S. The van der Waals surface area contributed by atoms with E-state index in [0.717, 1.165) is 22.0 Å². The molecule has 0 atom stereocenters. The van der Waals surface area contributed by atoms with Crippen LogP contribution >= 0.6 is 11.3 Å². The third kappa shape index (κ3) is 2.84. The van der Waals surface area contributed by atoms with Crippen molar-refractivity contribution in [1.29, 1.82) is 0 Å². The Morgan fingerprint density at radius 1 is 1.56 bits per heavy atom. The molecule has 0 radical (unpaired) electrons. The summed E-state index contributed by atoms with van der Waals surface area (Å²) in [6.45, 7) is 2.21. The van der Waals surface area contributed by atoms with Gasteiger partial charge in [-0.1, -0.05) is 0 Å². The van der Waals surface area contributed by atoms with Gasteiger partial charge in [0.2, 0.25) is 0 Å². The second kappa shape index (κ2) is 5.14. The standard InChI is InChI=1S/C12H11FN2O2S/c1-7-14-5-9(18-7)6-15-12(17)10-3-2-8(13)4-11(10)16/h2-5,16H,6H2,1H3,(H,15,17). The molecule has 2 rings (SSSR count). The Hall–Kier alpha value is -1.95. The topological polar surface area (TPSA) is 62.2 Å². The number of phenols is 1. The average Bonchev–Trinajstić information content (AvgIpc) is 2.72. The fourth-order valence-electron chi connectivity index (χ4n) is 1.45. The van der Waals surface area contributed by atoms with Crippen LogP contribution in [0.1, 0.15) is 20.2 Å². The lowest BCUT2D eigenvalue weighted by Gasteiger charge is -2.05. The van der Waals surface area contributed by atoms with Crippen molar-refractivity contribution in [2.24, 2.45) is 0 Å². The van der Waals surface area contributed by atoms with Crippen molar-refractivity contribution in [3.63, 3.8) is 0 Å². The van der Waals surface area contributed by atoms with Crippen molar-refractivity contribution in [3.8, 4) is 5.75 Å². The van der Waals surface area contributed by atoms with Gasteiger partial charge in [0, 0.05) is 17.1 Å². The van der Waals surface area contributed by atoms with E-state index < -0.39 is 11.7 Å². The maximum Gasteiger partial charge on any atom is 0.255 e. The summed E-state index contributed by atoms with van der Waals surface area (Å²) in [6.07, 6.45) is 1.69. The van der Waals surface area contributed by atoms with Crippen molar-refractivity contribution >= 4 is 17.2 Å². The number of nitrogens with one attached hydrogen (secondary N) is 1. The number of hydrogen-bond donors (Lipinski definition) is 2. The smallest absolute Gasteiger partial charge is 0.255 e. The Morgan fingerprint density at radius 3 is 2.94 bits per heavy atom. The molecule has 0 aliphatic heterocycles. The number of carbonyl (C=O) groups is 1. The molecule has 4 nitrogen and oxygen atoms in total. The van der Waals surface area contributed by atoms with Gasteiger partial charge in [-0.05, 0) is 19.1 Å². The van der Waals surface area contributed by atoms with Crippen LogP contribution in [0.5, 0.6) is 5.75 Å². The molecule has 0 aliphatic rings. The normalized spacial score (nSPS) is 10.3. The number of benzene rings is 1. The molecule has 94 valence electrons. The summed E-state index contributed by atoms with van der Waals surface area (Å²) < 4.78 is 12.8. The molecular weight excluding hydrogens is 255 g/mol. The number of phenolic OH excluding ortho intramolecular Hbond substituents is 1. The zero-order valence-electron chi connectivity index (χ0n) is 9.61.